The molecule has 0 aliphatic carbocycles. The SMILES string of the molecule is COCC(O)COCC(O)COCCC[SiH3]. The molecule has 0 heterocycles. The van der Waals surface area contributed by atoms with Crippen LogP contribution in [-0.4, -0.2) is 72.8 Å². The number of hydrogen-bond donors (Lipinski definition) is 2. The Morgan fingerprint density at radius 2 is 1.56 bits per heavy atom. The molecular formula is C10H24O5Si. The van der Waals surface area contributed by atoms with E-state index in [0.717, 1.165) is 6.42 Å². The van der Waals surface area contributed by atoms with Crippen molar-refractivity contribution < 1.29 is 24.4 Å². The van der Waals surface area contributed by atoms with Gasteiger partial charge in [0.1, 0.15) is 12.2 Å². The van der Waals surface area contributed by atoms with Gasteiger partial charge in [-0.2, -0.15) is 0 Å². The first kappa shape index (κ1) is 16.0. The highest BCUT2D eigenvalue weighted by molar-refractivity contribution is 6.08. The van der Waals surface area contributed by atoms with Gasteiger partial charge in [-0.25, -0.2) is 0 Å². The standard InChI is InChI=1S/C10H24O5Si/c1-13-5-9(11)7-15-8-10(12)6-14-3-2-4-16/h9-12H,2-8H2,1,16H3. The van der Waals surface area contributed by atoms with Gasteiger partial charge in [0.2, 0.25) is 0 Å². The van der Waals surface area contributed by atoms with Gasteiger partial charge in [0, 0.05) is 24.0 Å². The third-order valence-electron chi connectivity index (χ3n) is 1.93. The fourth-order valence-electron chi connectivity index (χ4n) is 1.09. The molecule has 0 bridgehead atoms. The molecular weight excluding hydrogens is 228 g/mol. The lowest BCUT2D eigenvalue weighted by Crippen LogP contribution is -2.27. The van der Waals surface area contributed by atoms with Crippen LogP contribution in [0.2, 0.25) is 6.04 Å². The molecule has 5 nitrogen and oxygen atoms in total. The van der Waals surface area contributed by atoms with E-state index < -0.39 is 12.2 Å². The summed E-state index contributed by atoms with van der Waals surface area (Å²) in [6.45, 7) is 1.59. The summed E-state index contributed by atoms with van der Waals surface area (Å²) in [5, 5.41) is 18.7. The van der Waals surface area contributed by atoms with Crippen LogP contribution in [0.5, 0.6) is 0 Å². The van der Waals surface area contributed by atoms with Crippen LogP contribution in [0.3, 0.4) is 0 Å². The number of ether oxygens (including phenoxy) is 3. The summed E-state index contributed by atoms with van der Waals surface area (Å²) in [4.78, 5) is 0. The molecule has 2 N–H and O–H groups in total. The summed E-state index contributed by atoms with van der Waals surface area (Å²) >= 11 is 0. The second kappa shape index (κ2) is 11.5. The Morgan fingerprint density at radius 3 is 2.12 bits per heavy atom. The molecule has 98 valence electrons. The third-order valence-corrected chi connectivity index (χ3v) is 2.64. The molecule has 16 heavy (non-hydrogen) atoms. The molecule has 2 atom stereocenters. The Hall–Kier alpha value is 0.0169. The van der Waals surface area contributed by atoms with Crippen molar-refractivity contribution in [3.8, 4) is 0 Å². The number of hydrogen-bond acceptors (Lipinski definition) is 5. The molecule has 0 rings (SSSR count). The maximum Gasteiger partial charge on any atom is 0.101 e. The normalized spacial score (nSPS) is 15.2. The molecule has 0 aromatic heterocycles. The van der Waals surface area contributed by atoms with Crippen molar-refractivity contribution in [2.24, 2.45) is 0 Å². The van der Waals surface area contributed by atoms with E-state index in [4.69, 9.17) is 14.2 Å². The average Bonchev–Trinajstić information content (AvgIpc) is 2.25. The van der Waals surface area contributed by atoms with E-state index in [-0.39, 0.29) is 19.8 Å². The van der Waals surface area contributed by atoms with E-state index in [1.165, 1.54) is 23.4 Å². The van der Waals surface area contributed by atoms with Crippen molar-refractivity contribution in [2.45, 2.75) is 24.7 Å². The second-order valence-corrected chi connectivity index (χ2v) is 4.73. The van der Waals surface area contributed by atoms with Crippen molar-refractivity contribution in [1.29, 1.82) is 0 Å². The topological polar surface area (TPSA) is 68.2 Å². The lowest BCUT2D eigenvalue weighted by atomic mass is 10.4. The fraction of sp³-hybridized carbons (Fsp3) is 1.00. The zero-order valence-electron chi connectivity index (χ0n) is 10.2. The zero-order chi connectivity index (χ0) is 12.2. The first-order valence-electron chi connectivity index (χ1n) is 5.71. The third kappa shape index (κ3) is 10.5. The lowest BCUT2D eigenvalue weighted by Gasteiger charge is -2.14. The number of rotatable bonds is 11. The molecule has 0 amide bonds. The fourth-order valence-corrected chi connectivity index (χ4v) is 1.38. The summed E-state index contributed by atoms with van der Waals surface area (Å²) in [5.74, 6) is 0. The summed E-state index contributed by atoms with van der Waals surface area (Å²) in [6, 6.07) is 1.22. The van der Waals surface area contributed by atoms with Gasteiger partial charge in [-0.05, 0) is 6.42 Å². The van der Waals surface area contributed by atoms with Gasteiger partial charge in [-0.3, -0.25) is 0 Å². The Bertz CT molecular complexity index is 147. The maximum atomic E-state index is 9.44. The molecule has 0 aliphatic heterocycles. The van der Waals surface area contributed by atoms with Gasteiger partial charge in [-0.15, -0.1) is 0 Å². The van der Waals surface area contributed by atoms with Crippen LogP contribution in [0.4, 0.5) is 0 Å². The number of methoxy groups -OCH3 is 1. The van der Waals surface area contributed by atoms with Gasteiger partial charge in [0.25, 0.3) is 0 Å². The molecule has 0 spiro atoms. The largest absolute Gasteiger partial charge is 0.388 e. The van der Waals surface area contributed by atoms with Crippen molar-refractivity contribution in [2.75, 3.05) is 40.1 Å². The summed E-state index contributed by atoms with van der Waals surface area (Å²) < 4.78 is 15.1. The predicted octanol–water partition coefficient (Wildman–Crippen LogP) is -1.44. The average molecular weight is 252 g/mol. The molecule has 0 radical (unpaired) electrons. The van der Waals surface area contributed by atoms with Gasteiger partial charge >= 0.3 is 0 Å². The maximum absolute atomic E-state index is 9.44. The molecule has 0 aromatic rings. The Morgan fingerprint density at radius 1 is 1.00 bits per heavy atom. The highest BCUT2D eigenvalue weighted by Crippen LogP contribution is 1.93. The minimum atomic E-state index is -0.636. The molecule has 2 unspecified atom stereocenters. The van der Waals surface area contributed by atoms with E-state index in [0.29, 0.717) is 13.2 Å². The number of aliphatic hydroxyl groups is 2. The predicted molar refractivity (Wildman–Crippen MR) is 64.9 cm³/mol. The monoisotopic (exact) mass is 252 g/mol. The van der Waals surface area contributed by atoms with Gasteiger partial charge in [0.15, 0.2) is 0 Å². The van der Waals surface area contributed by atoms with Crippen LogP contribution >= 0.6 is 0 Å². The molecule has 0 saturated carbocycles. The van der Waals surface area contributed by atoms with Crippen LogP contribution in [0.15, 0.2) is 0 Å². The van der Waals surface area contributed by atoms with Crippen molar-refractivity contribution in [1.82, 2.24) is 0 Å². The second-order valence-electron chi connectivity index (χ2n) is 3.73. The van der Waals surface area contributed by atoms with E-state index in [9.17, 15) is 10.2 Å². The van der Waals surface area contributed by atoms with Gasteiger partial charge < -0.3 is 24.4 Å². The van der Waals surface area contributed by atoms with Crippen LogP contribution in [0.1, 0.15) is 6.42 Å². The molecule has 6 heteroatoms. The molecule has 0 saturated heterocycles. The first-order valence-corrected chi connectivity index (χ1v) is 7.12. The highest BCUT2D eigenvalue weighted by Gasteiger charge is 2.07. The summed E-state index contributed by atoms with van der Waals surface area (Å²) in [7, 11) is 2.71. The smallest absolute Gasteiger partial charge is 0.101 e. The summed E-state index contributed by atoms with van der Waals surface area (Å²) in [6.07, 6.45) is -0.196. The quantitative estimate of drug-likeness (QED) is 0.348. The zero-order valence-corrected chi connectivity index (χ0v) is 12.2. The minimum Gasteiger partial charge on any atom is -0.388 e. The van der Waals surface area contributed by atoms with E-state index >= 15 is 0 Å². The lowest BCUT2D eigenvalue weighted by molar-refractivity contribution is -0.0516. The Kier molecular flexibility index (Phi) is 11.5. The van der Waals surface area contributed by atoms with Gasteiger partial charge in [0.05, 0.1) is 26.4 Å². The molecule has 0 aromatic carbocycles. The molecule has 0 fully saturated rings. The Balaban J connectivity index is 3.26. The minimum absolute atomic E-state index is 0.172. The van der Waals surface area contributed by atoms with E-state index in [1.54, 1.807) is 0 Å². The van der Waals surface area contributed by atoms with Crippen LogP contribution in [0.25, 0.3) is 0 Å². The highest BCUT2D eigenvalue weighted by atomic mass is 28.1. The summed E-state index contributed by atoms with van der Waals surface area (Å²) in [5.41, 5.74) is 0. The molecule has 0 aliphatic rings. The first-order chi connectivity index (χ1) is 7.70. The van der Waals surface area contributed by atoms with Crippen molar-refractivity contribution in [3.63, 3.8) is 0 Å². The van der Waals surface area contributed by atoms with Crippen molar-refractivity contribution >= 4 is 10.2 Å². The number of aliphatic hydroxyl groups excluding tert-OH is 2. The van der Waals surface area contributed by atoms with E-state index in [2.05, 4.69) is 0 Å². The van der Waals surface area contributed by atoms with Crippen LogP contribution in [-0.2, 0) is 14.2 Å². The van der Waals surface area contributed by atoms with E-state index in [1.807, 2.05) is 0 Å². The van der Waals surface area contributed by atoms with Crippen LogP contribution in [0, 0.1) is 0 Å². The van der Waals surface area contributed by atoms with Crippen LogP contribution < -0.4 is 0 Å². The van der Waals surface area contributed by atoms with Gasteiger partial charge in [-0.1, -0.05) is 6.04 Å². The Labute approximate surface area is 100 Å². The van der Waals surface area contributed by atoms with Crippen molar-refractivity contribution in [3.05, 3.63) is 0 Å².